The van der Waals surface area contributed by atoms with E-state index < -0.39 is 0 Å². The second kappa shape index (κ2) is 2.47. The molecule has 0 spiro atoms. The summed E-state index contributed by atoms with van der Waals surface area (Å²) in [5.74, 6) is 0. The fourth-order valence-corrected chi connectivity index (χ4v) is 1.95. The molecule has 0 bridgehead atoms. The molecule has 0 unspecified atom stereocenters. The van der Waals surface area contributed by atoms with Gasteiger partial charge in [0.2, 0.25) is 0 Å². The number of hydrogen-bond donors (Lipinski definition) is 0. The van der Waals surface area contributed by atoms with Crippen LogP contribution in [0.4, 0.5) is 0 Å². The third kappa shape index (κ3) is 0.922. The van der Waals surface area contributed by atoms with Crippen LogP contribution in [0.5, 0.6) is 0 Å². The number of benzene rings is 1. The molecular formula is C9H5N3S. The molecule has 0 aliphatic heterocycles. The van der Waals surface area contributed by atoms with Crippen LogP contribution in [0, 0.1) is 0 Å². The van der Waals surface area contributed by atoms with Gasteiger partial charge in [-0.05, 0) is 24.3 Å². The molecule has 3 nitrogen and oxygen atoms in total. The lowest BCUT2D eigenvalue weighted by atomic mass is 10.2. The number of rotatable bonds is 0. The summed E-state index contributed by atoms with van der Waals surface area (Å²) in [6.07, 6.45) is 1.79. The Bertz CT molecular complexity index is 573. The molecule has 0 saturated heterocycles. The van der Waals surface area contributed by atoms with Gasteiger partial charge in [-0.15, -0.1) is 0 Å². The van der Waals surface area contributed by atoms with Gasteiger partial charge in [0.05, 0.1) is 17.2 Å². The van der Waals surface area contributed by atoms with Crippen molar-refractivity contribution in [1.82, 2.24) is 13.7 Å². The van der Waals surface area contributed by atoms with E-state index in [2.05, 4.69) is 13.7 Å². The third-order valence-corrected chi connectivity index (χ3v) is 2.55. The van der Waals surface area contributed by atoms with Crippen molar-refractivity contribution >= 4 is 33.7 Å². The van der Waals surface area contributed by atoms with E-state index in [-0.39, 0.29) is 0 Å². The Balaban J connectivity index is 2.65. The first kappa shape index (κ1) is 6.91. The molecule has 0 aliphatic rings. The van der Waals surface area contributed by atoms with E-state index in [9.17, 15) is 0 Å². The van der Waals surface area contributed by atoms with Crippen LogP contribution < -0.4 is 0 Å². The molecule has 2 heterocycles. The minimum Gasteiger partial charge on any atom is -0.256 e. The van der Waals surface area contributed by atoms with Crippen molar-refractivity contribution in [1.29, 1.82) is 0 Å². The van der Waals surface area contributed by atoms with Gasteiger partial charge in [0.25, 0.3) is 0 Å². The van der Waals surface area contributed by atoms with E-state index in [0.29, 0.717) is 0 Å². The van der Waals surface area contributed by atoms with E-state index >= 15 is 0 Å². The quantitative estimate of drug-likeness (QED) is 0.541. The van der Waals surface area contributed by atoms with Crippen molar-refractivity contribution in [3.05, 3.63) is 30.5 Å². The summed E-state index contributed by atoms with van der Waals surface area (Å²) in [6.45, 7) is 0. The van der Waals surface area contributed by atoms with Crippen LogP contribution in [0.2, 0.25) is 0 Å². The Hall–Kier alpha value is -1.55. The summed E-state index contributed by atoms with van der Waals surface area (Å²) in [4.78, 5) is 4.25. The van der Waals surface area contributed by atoms with E-state index in [4.69, 9.17) is 0 Å². The Kier molecular flexibility index (Phi) is 1.31. The van der Waals surface area contributed by atoms with Gasteiger partial charge in [0, 0.05) is 11.6 Å². The Morgan fingerprint density at radius 1 is 1.00 bits per heavy atom. The highest BCUT2D eigenvalue weighted by atomic mass is 32.1. The Labute approximate surface area is 78.4 Å². The molecule has 0 atom stereocenters. The van der Waals surface area contributed by atoms with Crippen molar-refractivity contribution in [3.63, 3.8) is 0 Å². The molecule has 13 heavy (non-hydrogen) atoms. The molecule has 3 aromatic rings. The van der Waals surface area contributed by atoms with Crippen molar-refractivity contribution in [3.8, 4) is 0 Å². The van der Waals surface area contributed by atoms with E-state index in [0.717, 1.165) is 21.9 Å². The molecule has 4 heteroatoms. The molecule has 3 rings (SSSR count). The predicted octanol–water partition coefficient (Wildman–Crippen LogP) is 2.24. The molecule has 0 saturated carbocycles. The highest BCUT2D eigenvalue weighted by molar-refractivity contribution is 7.00. The zero-order valence-electron chi connectivity index (χ0n) is 6.64. The number of fused-ring (bicyclic) bond motifs is 3. The molecule has 0 N–H and O–H groups in total. The van der Waals surface area contributed by atoms with Gasteiger partial charge in [-0.3, -0.25) is 4.98 Å². The topological polar surface area (TPSA) is 38.7 Å². The second-order valence-corrected chi connectivity index (χ2v) is 3.30. The van der Waals surface area contributed by atoms with Gasteiger partial charge < -0.3 is 0 Å². The van der Waals surface area contributed by atoms with E-state index in [1.165, 1.54) is 11.7 Å². The lowest BCUT2D eigenvalue weighted by Crippen LogP contribution is -1.78. The van der Waals surface area contributed by atoms with Crippen molar-refractivity contribution in [2.45, 2.75) is 0 Å². The molecule has 0 amide bonds. The SMILES string of the molecule is c1cnc2ccc3nsnc3c2c1. The smallest absolute Gasteiger partial charge is 0.114 e. The number of aromatic nitrogens is 3. The van der Waals surface area contributed by atoms with Crippen molar-refractivity contribution in [2.24, 2.45) is 0 Å². The van der Waals surface area contributed by atoms with Crippen LogP contribution >= 0.6 is 11.7 Å². The average molecular weight is 187 g/mol. The first-order chi connectivity index (χ1) is 6.45. The largest absolute Gasteiger partial charge is 0.256 e. The average Bonchev–Trinajstić information content (AvgIpc) is 2.65. The molecular weight excluding hydrogens is 182 g/mol. The summed E-state index contributed by atoms with van der Waals surface area (Å²) in [7, 11) is 0. The summed E-state index contributed by atoms with van der Waals surface area (Å²) in [5, 5.41) is 1.08. The maximum Gasteiger partial charge on any atom is 0.114 e. The van der Waals surface area contributed by atoms with Crippen LogP contribution in [-0.4, -0.2) is 13.7 Å². The second-order valence-electron chi connectivity index (χ2n) is 2.77. The maximum atomic E-state index is 4.25. The first-order valence-electron chi connectivity index (χ1n) is 3.91. The van der Waals surface area contributed by atoms with Crippen molar-refractivity contribution in [2.75, 3.05) is 0 Å². The van der Waals surface area contributed by atoms with Gasteiger partial charge in [0.1, 0.15) is 11.0 Å². The van der Waals surface area contributed by atoms with Crippen LogP contribution in [0.15, 0.2) is 30.5 Å². The van der Waals surface area contributed by atoms with Crippen molar-refractivity contribution < 1.29 is 0 Å². The van der Waals surface area contributed by atoms with Gasteiger partial charge in [-0.1, -0.05) is 0 Å². The molecule has 62 valence electrons. The molecule has 2 aromatic heterocycles. The minimum atomic E-state index is 0.950. The van der Waals surface area contributed by atoms with Crippen LogP contribution in [0.25, 0.3) is 21.9 Å². The van der Waals surface area contributed by atoms with Crippen LogP contribution in [-0.2, 0) is 0 Å². The predicted molar refractivity (Wildman–Crippen MR) is 52.7 cm³/mol. The Morgan fingerprint density at radius 2 is 1.92 bits per heavy atom. The summed E-state index contributed by atoms with van der Waals surface area (Å²) < 4.78 is 8.41. The minimum absolute atomic E-state index is 0.950. The monoisotopic (exact) mass is 187 g/mol. The van der Waals surface area contributed by atoms with Gasteiger partial charge in [-0.2, -0.15) is 8.75 Å². The number of pyridine rings is 1. The molecule has 0 radical (unpaired) electrons. The highest BCUT2D eigenvalue weighted by Gasteiger charge is 2.02. The van der Waals surface area contributed by atoms with Gasteiger partial charge in [0.15, 0.2) is 0 Å². The van der Waals surface area contributed by atoms with E-state index in [1.54, 1.807) is 6.20 Å². The third-order valence-electron chi connectivity index (χ3n) is 2.01. The summed E-state index contributed by atoms with van der Waals surface area (Å²) >= 11 is 1.24. The van der Waals surface area contributed by atoms with Crippen LogP contribution in [0.3, 0.4) is 0 Å². The summed E-state index contributed by atoms with van der Waals surface area (Å²) in [5.41, 5.74) is 2.88. The fourth-order valence-electron chi connectivity index (χ4n) is 1.40. The summed E-state index contributed by atoms with van der Waals surface area (Å²) in [6, 6.07) is 7.86. The lowest BCUT2D eigenvalue weighted by molar-refractivity contribution is 1.42. The molecule has 0 fully saturated rings. The zero-order valence-corrected chi connectivity index (χ0v) is 7.45. The maximum absolute atomic E-state index is 4.25. The number of hydrogen-bond acceptors (Lipinski definition) is 4. The normalized spacial score (nSPS) is 11.1. The Morgan fingerprint density at radius 3 is 2.92 bits per heavy atom. The highest BCUT2D eigenvalue weighted by Crippen LogP contribution is 2.21. The van der Waals surface area contributed by atoms with Gasteiger partial charge >= 0.3 is 0 Å². The molecule has 1 aromatic carbocycles. The lowest BCUT2D eigenvalue weighted by Gasteiger charge is -1.94. The van der Waals surface area contributed by atoms with E-state index in [1.807, 2.05) is 24.3 Å². The fraction of sp³-hybridized carbons (Fsp3) is 0. The molecule has 0 aliphatic carbocycles. The first-order valence-corrected chi connectivity index (χ1v) is 4.64. The van der Waals surface area contributed by atoms with Crippen LogP contribution in [0.1, 0.15) is 0 Å². The number of nitrogens with zero attached hydrogens (tertiary/aromatic N) is 3. The zero-order chi connectivity index (χ0) is 8.67. The standard InChI is InChI=1S/C9H5N3S/c1-2-6-7(10-5-1)3-4-8-9(6)12-13-11-8/h1-5H. The van der Waals surface area contributed by atoms with Gasteiger partial charge in [-0.25, -0.2) is 0 Å².